The molecule has 18 heavy (non-hydrogen) atoms. The van der Waals surface area contributed by atoms with E-state index in [1.165, 1.54) is 0 Å². The van der Waals surface area contributed by atoms with Crippen LogP contribution in [0.15, 0.2) is 5.11 Å². The third-order valence-corrected chi connectivity index (χ3v) is 2.53. The Bertz CT molecular complexity index is 595. The summed E-state index contributed by atoms with van der Waals surface area (Å²) in [6.07, 6.45) is 2.13. The van der Waals surface area contributed by atoms with Gasteiger partial charge in [0.15, 0.2) is 5.82 Å². The predicted molar refractivity (Wildman–Crippen MR) is 68.6 cm³/mol. The Morgan fingerprint density at radius 2 is 2.28 bits per heavy atom. The van der Waals surface area contributed by atoms with Gasteiger partial charge < -0.3 is 5.32 Å². The topological polar surface area (TPSA) is 115 Å². The lowest BCUT2D eigenvalue weighted by Gasteiger charge is -2.05. The molecule has 0 aromatic carbocycles. The number of fused-ring (bicyclic) bond motifs is 1. The smallest absolute Gasteiger partial charge is 0.219 e. The zero-order chi connectivity index (χ0) is 13.0. The fraction of sp³-hybridized carbons (Fsp3) is 0.500. The van der Waals surface area contributed by atoms with Crippen LogP contribution in [0.3, 0.4) is 0 Å². The van der Waals surface area contributed by atoms with Gasteiger partial charge in [-0.25, -0.2) is 9.97 Å². The average Bonchev–Trinajstić information content (AvgIpc) is 2.72. The number of hydrogen-bond donors (Lipinski definition) is 2. The summed E-state index contributed by atoms with van der Waals surface area (Å²) in [7, 11) is 0. The average molecular weight is 246 g/mol. The van der Waals surface area contributed by atoms with Crippen LogP contribution in [0, 0.1) is 6.92 Å². The van der Waals surface area contributed by atoms with Gasteiger partial charge in [0.05, 0.1) is 5.69 Å². The molecule has 0 radical (unpaired) electrons. The highest BCUT2D eigenvalue weighted by Crippen LogP contribution is 2.23. The molecular formula is C10H14N8. The molecule has 0 aliphatic rings. The molecule has 0 amide bonds. The lowest BCUT2D eigenvalue weighted by atomic mass is 10.3. The summed E-state index contributed by atoms with van der Waals surface area (Å²) in [5.74, 6) is 0.727. The zero-order valence-corrected chi connectivity index (χ0v) is 10.3. The number of hydrogen-bond acceptors (Lipinski definition) is 5. The second kappa shape index (κ2) is 5.33. The molecular weight excluding hydrogens is 232 g/mol. The molecule has 8 heteroatoms. The van der Waals surface area contributed by atoms with Gasteiger partial charge in [0.1, 0.15) is 11.0 Å². The highest BCUT2D eigenvalue weighted by Gasteiger charge is 2.11. The van der Waals surface area contributed by atoms with Crippen molar-refractivity contribution in [3.05, 3.63) is 16.1 Å². The van der Waals surface area contributed by atoms with Crippen LogP contribution in [0.5, 0.6) is 0 Å². The minimum absolute atomic E-state index is 0.105. The standard InChI is InChI=1S/C10H14N8/c1-3-4-5-12-9-8-7(6(2)15-16-8)13-10(14-9)17-18-11/h3-5H2,1-2H3,(H,15,16)(H,12,13,14). The van der Waals surface area contributed by atoms with E-state index >= 15 is 0 Å². The van der Waals surface area contributed by atoms with Crippen molar-refractivity contribution in [3.63, 3.8) is 0 Å². The molecule has 0 unspecified atom stereocenters. The lowest BCUT2D eigenvalue weighted by molar-refractivity contribution is 0.831. The fourth-order valence-electron chi connectivity index (χ4n) is 1.61. The van der Waals surface area contributed by atoms with Gasteiger partial charge in [0.2, 0.25) is 5.95 Å². The highest BCUT2D eigenvalue weighted by atomic mass is 15.2. The first-order valence-electron chi connectivity index (χ1n) is 5.78. The maximum absolute atomic E-state index is 8.45. The van der Waals surface area contributed by atoms with Crippen LogP contribution in [0.2, 0.25) is 0 Å². The molecule has 0 fully saturated rings. The summed E-state index contributed by atoms with van der Waals surface area (Å²) in [5, 5.41) is 13.6. The van der Waals surface area contributed by atoms with Crippen molar-refractivity contribution in [1.82, 2.24) is 20.2 Å². The molecule has 0 saturated carbocycles. The third-order valence-electron chi connectivity index (χ3n) is 2.53. The van der Waals surface area contributed by atoms with Crippen molar-refractivity contribution >= 4 is 22.8 Å². The van der Waals surface area contributed by atoms with E-state index in [-0.39, 0.29) is 5.95 Å². The molecule has 2 heterocycles. The molecule has 2 rings (SSSR count). The number of nitrogens with zero attached hydrogens (tertiary/aromatic N) is 6. The molecule has 2 aromatic rings. The van der Waals surface area contributed by atoms with Gasteiger partial charge in [-0.15, -0.1) is 0 Å². The fourth-order valence-corrected chi connectivity index (χ4v) is 1.61. The molecule has 0 aliphatic carbocycles. The summed E-state index contributed by atoms with van der Waals surface area (Å²) in [6.45, 7) is 4.75. The number of nitrogens with one attached hydrogen (secondary N) is 2. The highest BCUT2D eigenvalue weighted by molar-refractivity contribution is 5.87. The van der Waals surface area contributed by atoms with Gasteiger partial charge >= 0.3 is 0 Å². The number of unbranched alkanes of at least 4 members (excludes halogenated alkanes) is 1. The summed E-state index contributed by atoms with van der Waals surface area (Å²) in [5.41, 5.74) is 10.6. The van der Waals surface area contributed by atoms with Gasteiger partial charge in [-0.3, -0.25) is 5.10 Å². The van der Waals surface area contributed by atoms with Gasteiger partial charge in [-0.2, -0.15) is 5.10 Å². The van der Waals surface area contributed by atoms with E-state index in [1.807, 2.05) is 6.92 Å². The van der Waals surface area contributed by atoms with E-state index in [2.05, 4.69) is 42.4 Å². The minimum Gasteiger partial charge on any atom is -0.368 e. The number of aryl methyl sites for hydroxylation is 1. The van der Waals surface area contributed by atoms with Crippen molar-refractivity contribution in [2.75, 3.05) is 11.9 Å². The molecule has 2 N–H and O–H groups in total. The SMILES string of the molecule is CCCCNc1nc(N=[N+]=[N-])nc2c(C)n[nH]c12. The van der Waals surface area contributed by atoms with Crippen LogP contribution in [-0.4, -0.2) is 26.7 Å². The molecule has 94 valence electrons. The number of azide groups is 1. The van der Waals surface area contributed by atoms with Crippen molar-refractivity contribution in [2.24, 2.45) is 5.11 Å². The first-order valence-corrected chi connectivity index (χ1v) is 5.78. The molecule has 0 bridgehead atoms. The van der Waals surface area contributed by atoms with E-state index in [9.17, 15) is 0 Å². The van der Waals surface area contributed by atoms with Crippen molar-refractivity contribution < 1.29 is 0 Å². The van der Waals surface area contributed by atoms with E-state index in [0.29, 0.717) is 11.3 Å². The van der Waals surface area contributed by atoms with Gasteiger partial charge in [-0.1, -0.05) is 13.3 Å². The third kappa shape index (κ3) is 2.33. The first-order chi connectivity index (χ1) is 8.76. The molecule has 2 aromatic heterocycles. The van der Waals surface area contributed by atoms with E-state index < -0.39 is 0 Å². The van der Waals surface area contributed by atoms with Gasteiger partial charge in [0.25, 0.3) is 0 Å². The van der Waals surface area contributed by atoms with Crippen LogP contribution in [0.1, 0.15) is 25.5 Å². The van der Waals surface area contributed by atoms with Crippen LogP contribution >= 0.6 is 0 Å². The van der Waals surface area contributed by atoms with E-state index in [0.717, 1.165) is 30.6 Å². The molecule has 0 atom stereocenters. The number of rotatable bonds is 5. The van der Waals surface area contributed by atoms with E-state index in [1.54, 1.807) is 0 Å². The van der Waals surface area contributed by atoms with Gasteiger partial charge in [0, 0.05) is 11.5 Å². The van der Waals surface area contributed by atoms with Gasteiger partial charge in [-0.05, 0) is 24.0 Å². The Labute approximate surface area is 103 Å². The monoisotopic (exact) mass is 246 g/mol. The van der Waals surface area contributed by atoms with Crippen LogP contribution < -0.4 is 5.32 Å². The number of anilines is 1. The van der Waals surface area contributed by atoms with E-state index in [4.69, 9.17) is 5.53 Å². The Kier molecular flexibility index (Phi) is 3.59. The zero-order valence-electron chi connectivity index (χ0n) is 10.3. The predicted octanol–water partition coefficient (Wildman–Crippen LogP) is 2.82. The quantitative estimate of drug-likeness (QED) is 0.365. The second-order valence-corrected chi connectivity index (χ2v) is 3.87. The summed E-state index contributed by atoms with van der Waals surface area (Å²) in [6, 6.07) is 0. The normalized spacial score (nSPS) is 10.3. The second-order valence-electron chi connectivity index (χ2n) is 3.87. The number of H-pyrrole nitrogens is 1. The van der Waals surface area contributed by atoms with Crippen molar-refractivity contribution in [2.45, 2.75) is 26.7 Å². The number of aromatic amines is 1. The number of aromatic nitrogens is 4. The molecule has 0 spiro atoms. The maximum atomic E-state index is 8.45. The maximum Gasteiger partial charge on any atom is 0.219 e. The molecule has 0 aliphatic heterocycles. The minimum atomic E-state index is 0.105. The Hall–Kier alpha value is -2.34. The Morgan fingerprint density at radius 1 is 1.44 bits per heavy atom. The largest absolute Gasteiger partial charge is 0.368 e. The van der Waals surface area contributed by atoms with Crippen LogP contribution in [0.4, 0.5) is 11.8 Å². The summed E-state index contributed by atoms with van der Waals surface area (Å²) >= 11 is 0. The summed E-state index contributed by atoms with van der Waals surface area (Å²) in [4.78, 5) is 11.0. The Morgan fingerprint density at radius 3 is 3.00 bits per heavy atom. The molecule has 0 saturated heterocycles. The van der Waals surface area contributed by atoms with Crippen LogP contribution in [0.25, 0.3) is 21.5 Å². The van der Waals surface area contributed by atoms with Crippen LogP contribution in [-0.2, 0) is 0 Å². The first kappa shape index (κ1) is 12.1. The Balaban J connectivity index is 2.44. The summed E-state index contributed by atoms with van der Waals surface area (Å²) < 4.78 is 0. The molecule has 8 nitrogen and oxygen atoms in total. The lowest BCUT2D eigenvalue weighted by Crippen LogP contribution is -2.04. The van der Waals surface area contributed by atoms with Crippen molar-refractivity contribution in [1.29, 1.82) is 0 Å². The van der Waals surface area contributed by atoms with Crippen molar-refractivity contribution in [3.8, 4) is 0 Å².